The van der Waals surface area contributed by atoms with Gasteiger partial charge in [-0.25, -0.2) is 0 Å². The first-order valence-electron chi connectivity index (χ1n) is 8.29. The molecule has 25 heavy (non-hydrogen) atoms. The summed E-state index contributed by atoms with van der Waals surface area (Å²) in [5, 5.41) is 5.65. The number of hydrogen-bond donors (Lipinski definition) is 3. The lowest BCUT2D eigenvalue weighted by atomic mass is 10.1. The molecule has 0 aliphatic carbocycles. The Morgan fingerprint density at radius 1 is 1.08 bits per heavy atom. The highest BCUT2D eigenvalue weighted by Gasteiger charge is 2.07. The van der Waals surface area contributed by atoms with Crippen molar-refractivity contribution in [2.45, 2.75) is 19.8 Å². The SMILES string of the molecule is CCc1ccc(NC(=O)/C=C/c2ccccc2)cc1NC(=O)CCN. The van der Waals surface area contributed by atoms with Gasteiger partial charge in [0.2, 0.25) is 11.8 Å². The van der Waals surface area contributed by atoms with E-state index in [1.54, 1.807) is 12.1 Å². The molecule has 0 unspecified atom stereocenters. The Kier molecular flexibility index (Phi) is 6.92. The van der Waals surface area contributed by atoms with Crippen molar-refractivity contribution in [3.63, 3.8) is 0 Å². The second kappa shape index (κ2) is 9.39. The zero-order valence-electron chi connectivity index (χ0n) is 14.3. The van der Waals surface area contributed by atoms with Crippen LogP contribution in [0.2, 0.25) is 0 Å². The molecular formula is C20H23N3O2. The van der Waals surface area contributed by atoms with Crippen LogP contribution in [0.3, 0.4) is 0 Å². The number of aryl methyl sites for hydroxylation is 1. The molecular weight excluding hydrogens is 314 g/mol. The first kappa shape index (κ1) is 18.4. The fraction of sp³-hybridized carbons (Fsp3) is 0.200. The number of anilines is 2. The molecule has 0 bridgehead atoms. The van der Waals surface area contributed by atoms with Crippen molar-refractivity contribution < 1.29 is 9.59 Å². The second-order valence-electron chi connectivity index (χ2n) is 5.55. The highest BCUT2D eigenvalue weighted by Crippen LogP contribution is 2.22. The second-order valence-corrected chi connectivity index (χ2v) is 5.55. The van der Waals surface area contributed by atoms with Crippen molar-refractivity contribution in [1.82, 2.24) is 0 Å². The van der Waals surface area contributed by atoms with Crippen LogP contribution in [-0.4, -0.2) is 18.4 Å². The molecule has 130 valence electrons. The van der Waals surface area contributed by atoms with E-state index in [1.165, 1.54) is 6.08 Å². The number of nitrogens with one attached hydrogen (secondary N) is 2. The van der Waals surface area contributed by atoms with Crippen molar-refractivity contribution in [1.29, 1.82) is 0 Å². The van der Waals surface area contributed by atoms with Gasteiger partial charge in [0, 0.05) is 30.4 Å². The van der Waals surface area contributed by atoms with Crippen molar-refractivity contribution in [3.05, 3.63) is 65.7 Å². The largest absolute Gasteiger partial charge is 0.330 e. The van der Waals surface area contributed by atoms with Crippen molar-refractivity contribution in [2.24, 2.45) is 5.73 Å². The molecule has 5 heteroatoms. The van der Waals surface area contributed by atoms with E-state index < -0.39 is 0 Å². The number of amides is 2. The molecule has 0 heterocycles. The zero-order chi connectivity index (χ0) is 18.1. The standard InChI is InChI=1S/C20H23N3O2/c1-2-16-9-10-17(14-18(16)23-20(25)12-13-21)22-19(24)11-8-15-6-4-3-5-7-15/h3-11,14H,2,12-13,21H2,1H3,(H,22,24)(H,23,25)/b11-8+. The van der Waals surface area contributed by atoms with Crippen molar-refractivity contribution >= 4 is 29.3 Å². The quantitative estimate of drug-likeness (QED) is 0.678. The molecule has 5 nitrogen and oxygen atoms in total. The smallest absolute Gasteiger partial charge is 0.248 e. The molecule has 0 aliphatic heterocycles. The number of nitrogens with two attached hydrogens (primary N) is 1. The van der Waals surface area contributed by atoms with Gasteiger partial charge in [0.05, 0.1) is 0 Å². The first-order chi connectivity index (χ1) is 12.1. The minimum Gasteiger partial charge on any atom is -0.330 e. The fourth-order valence-corrected chi connectivity index (χ4v) is 2.34. The van der Waals surface area contributed by atoms with Gasteiger partial charge in [0.25, 0.3) is 0 Å². The molecule has 0 radical (unpaired) electrons. The van der Waals surface area contributed by atoms with E-state index >= 15 is 0 Å². The molecule has 0 fully saturated rings. The summed E-state index contributed by atoms with van der Waals surface area (Å²) in [6.45, 7) is 2.31. The van der Waals surface area contributed by atoms with Crippen LogP contribution in [0.4, 0.5) is 11.4 Å². The van der Waals surface area contributed by atoms with Gasteiger partial charge in [-0.15, -0.1) is 0 Å². The maximum Gasteiger partial charge on any atom is 0.248 e. The Labute approximate surface area is 147 Å². The minimum absolute atomic E-state index is 0.135. The third-order valence-electron chi connectivity index (χ3n) is 3.63. The van der Waals surface area contributed by atoms with E-state index in [4.69, 9.17) is 5.73 Å². The molecule has 2 amide bonds. The minimum atomic E-state index is -0.229. The van der Waals surface area contributed by atoms with Gasteiger partial charge in [-0.2, -0.15) is 0 Å². The van der Waals surface area contributed by atoms with Gasteiger partial charge in [0.15, 0.2) is 0 Å². The Bertz CT molecular complexity index is 755. The Balaban J connectivity index is 2.07. The molecule has 2 aromatic rings. The van der Waals surface area contributed by atoms with Gasteiger partial charge >= 0.3 is 0 Å². The normalized spacial score (nSPS) is 10.6. The van der Waals surface area contributed by atoms with E-state index in [9.17, 15) is 9.59 Å². The lowest BCUT2D eigenvalue weighted by molar-refractivity contribution is -0.116. The molecule has 0 saturated carbocycles. The summed E-state index contributed by atoms with van der Waals surface area (Å²) in [5.74, 6) is -0.364. The van der Waals surface area contributed by atoms with E-state index in [0.29, 0.717) is 17.9 Å². The van der Waals surface area contributed by atoms with Crippen molar-refractivity contribution in [3.8, 4) is 0 Å². The number of carbonyl (C=O) groups excluding carboxylic acids is 2. The number of hydrogen-bond acceptors (Lipinski definition) is 3. The predicted molar refractivity (Wildman–Crippen MR) is 102 cm³/mol. The third kappa shape index (κ3) is 5.90. The molecule has 0 spiro atoms. The molecule has 2 rings (SSSR count). The van der Waals surface area contributed by atoms with E-state index in [2.05, 4.69) is 10.6 Å². The molecule has 0 aromatic heterocycles. The van der Waals surface area contributed by atoms with Crippen LogP contribution in [-0.2, 0) is 16.0 Å². The summed E-state index contributed by atoms with van der Waals surface area (Å²) in [4.78, 5) is 23.9. The molecule has 2 aromatic carbocycles. The van der Waals surface area contributed by atoms with Gasteiger partial charge in [0.1, 0.15) is 0 Å². The van der Waals surface area contributed by atoms with E-state index in [0.717, 1.165) is 17.5 Å². The average Bonchev–Trinajstić information content (AvgIpc) is 2.61. The molecule has 0 saturated heterocycles. The van der Waals surface area contributed by atoms with Gasteiger partial charge in [-0.1, -0.05) is 43.3 Å². The lowest BCUT2D eigenvalue weighted by Gasteiger charge is -2.12. The van der Waals surface area contributed by atoms with Crippen LogP contribution in [0, 0.1) is 0 Å². The summed E-state index contributed by atoms with van der Waals surface area (Å²) in [5.41, 5.74) is 8.69. The summed E-state index contributed by atoms with van der Waals surface area (Å²) >= 11 is 0. The average molecular weight is 337 g/mol. The Morgan fingerprint density at radius 3 is 2.52 bits per heavy atom. The highest BCUT2D eigenvalue weighted by molar-refractivity contribution is 6.02. The van der Waals surface area contributed by atoms with Gasteiger partial charge in [-0.3, -0.25) is 9.59 Å². The van der Waals surface area contributed by atoms with Gasteiger partial charge in [-0.05, 0) is 35.8 Å². The Morgan fingerprint density at radius 2 is 1.84 bits per heavy atom. The van der Waals surface area contributed by atoms with Crippen molar-refractivity contribution in [2.75, 3.05) is 17.2 Å². The third-order valence-corrected chi connectivity index (χ3v) is 3.63. The monoisotopic (exact) mass is 337 g/mol. The predicted octanol–water partition coefficient (Wildman–Crippen LogP) is 3.19. The van der Waals surface area contributed by atoms with Crippen LogP contribution in [0.5, 0.6) is 0 Å². The van der Waals surface area contributed by atoms with Crippen LogP contribution in [0.25, 0.3) is 6.08 Å². The fourth-order valence-electron chi connectivity index (χ4n) is 2.34. The van der Waals surface area contributed by atoms with Crippen LogP contribution in [0.15, 0.2) is 54.6 Å². The first-order valence-corrected chi connectivity index (χ1v) is 8.29. The number of carbonyl (C=O) groups is 2. The van der Waals surface area contributed by atoms with Gasteiger partial charge < -0.3 is 16.4 Å². The van der Waals surface area contributed by atoms with E-state index in [1.807, 2.05) is 49.4 Å². The molecule has 4 N–H and O–H groups in total. The maximum absolute atomic E-state index is 12.1. The lowest BCUT2D eigenvalue weighted by Crippen LogP contribution is -2.17. The summed E-state index contributed by atoms with van der Waals surface area (Å²) in [7, 11) is 0. The highest BCUT2D eigenvalue weighted by atomic mass is 16.2. The molecule has 0 aliphatic rings. The number of rotatable bonds is 7. The van der Waals surface area contributed by atoms with Crippen LogP contribution in [0.1, 0.15) is 24.5 Å². The summed E-state index contributed by atoms with van der Waals surface area (Å²) in [6, 6.07) is 15.1. The van der Waals surface area contributed by atoms with E-state index in [-0.39, 0.29) is 18.2 Å². The van der Waals surface area contributed by atoms with Crippen LogP contribution < -0.4 is 16.4 Å². The summed E-state index contributed by atoms with van der Waals surface area (Å²) in [6.07, 6.45) is 4.27. The topological polar surface area (TPSA) is 84.2 Å². The maximum atomic E-state index is 12.1. The zero-order valence-corrected chi connectivity index (χ0v) is 14.3. The molecule has 0 atom stereocenters. The summed E-state index contributed by atoms with van der Waals surface area (Å²) < 4.78 is 0. The van der Waals surface area contributed by atoms with Crippen LogP contribution >= 0.6 is 0 Å². The Hall–Kier alpha value is -2.92. The number of benzene rings is 2.